The Balaban J connectivity index is 1.53. The predicted molar refractivity (Wildman–Crippen MR) is 130 cm³/mol. The third-order valence-electron chi connectivity index (χ3n) is 5.98. The zero-order chi connectivity index (χ0) is 21.3. The first-order chi connectivity index (χ1) is 15.3. The number of phenols is 1. The van der Waals surface area contributed by atoms with Crippen LogP contribution in [0.15, 0.2) is 103 Å². The molecule has 4 aromatic carbocycles. The van der Waals surface area contributed by atoms with Gasteiger partial charge in [0.25, 0.3) is 0 Å². The first kappa shape index (κ1) is 20.9. The van der Waals surface area contributed by atoms with E-state index in [1.807, 2.05) is 12.1 Å². The molecule has 0 aromatic heterocycles. The molecule has 1 N–H and O–H groups in total. The van der Waals surface area contributed by atoms with Gasteiger partial charge in [-0.05, 0) is 78.0 Å². The molecular formula is C30H30O. The second-order valence-electron chi connectivity index (χ2n) is 8.21. The van der Waals surface area contributed by atoms with Gasteiger partial charge in [0.15, 0.2) is 0 Å². The Morgan fingerprint density at radius 2 is 0.742 bits per heavy atom. The van der Waals surface area contributed by atoms with Gasteiger partial charge in [-0.3, -0.25) is 0 Å². The monoisotopic (exact) mass is 406 g/mol. The molecule has 1 nitrogen and oxygen atoms in total. The van der Waals surface area contributed by atoms with Crippen molar-refractivity contribution in [1.29, 1.82) is 0 Å². The van der Waals surface area contributed by atoms with Gasteiger partial charge in [0.2, 0.25) is 0 Å². The molecule has 0 saturated heterocycles. The molecule has 0 amide bonds. The second kappa shape index (κ2) is 10.6. The predicted octanol–water partition coefficient (Wildman–Crippen LogP) is 6.75. The van der Waals surface area contributed by atoms with Gasteiger partial charge < -0.3 is 5.11 Å². The molecule has 0 fully saturated rings. The highest BCUT2D eigenvalue weighted by atomic mass is 16.3. The van der Waals surface area contributed by atoms with E-state index in [2.05, 4.69) is 91.0 Å². The topological polar surface area (TPSA) is 20.2 Å². The standard InChI is InChI=1S/C30H30O/c31-30-23-28(20-17-25-12-6-2-7-13-25)27(19-16-24-10-4-1-5-11-24)22-29(30)21-18-26-14-8-3-9-15-26/h1-15,22-23,31H,16-21H2. The van der Waals surface area contributed by atoms with Crippen molar-refractivity contribution in [3.05, 3.63) is 137 Å². The van der Waals surface area contributed by atoms with Crippen LogP contribution in [0.2, 0.25) is 0 Å². The summed E-state index contributed by atoms with van der Waals surface area (Å²) in [5.74, 6) is 0.433. The van der Waals surface area contributed by atoms with E-state index in [-0.39, 0.29) is 0 Å². The first-order valence-electron chi connectivity index (χ1n) is 11.2. The highest BCUT2D eigenvalue weighted by Gasteiger charge is 2.11. The largest absolute Gasteiger partial charge is 0.508 e. The number of phenolic OH excluding ortho intramolecular Hbond substituents is 1. The van der Waals surface area contributed by atoms with Crippen LogP contribution >= 0.6 is 0 Å². The minimum Gasteiger partial charge on any atom is -0.508 e. The molecule has 0 radical (unpaired) electrons. The average Bonchev–Trinajstić information content (AvgIpc) is 2.83. The van der Waals surface area contributed by atoms with Crippen LogP contribution in [0.3, 0.4) is 0 Å². The summed E-state index contributed by atoms with van der Waals surface area (Å²) in [6.45, 7) is 0. The van der Waals surface area contributed by atoms with Crippen molar-refractivity contribution in [3.8, 4) is 5.75 Å². The number of hydrogen-bond acceptors (Lipinski definition) is 1. The van der Waals surface area contributed by atoms with Crippen molar-refractivity contribution in [3.63, 3.8) is 0 Å². The van der Waals surface area contributed by atoms with Crippen molar-refractivity contribution in [1.82, 2.24) is 0 Å². The summed E-state index contributed by atoms with van der Waals surface area (Å²) in [6, 6.07) is 36.0. The maximum atomic E-state index is 10.8. The lowest BCUT2D eigenvalue weighted by molar-refractivity contribution is 0.466. The lowest BCUT2D eigenvalue weighted by Gasteiger charge is -2.15. The van der Waals surface area contributed by atoms with Gasteiger partial charge in [0.1, 0.15) is 5.75 Å². The van der Waals surface area contributed by atoms with Gasteiger partial charge in [-0.15, -0.1) is 0 Å². The molecule has 0 aliphatic rings. The minimum absolute atomic E-state index is 0.433. The van der Waals surface area contributed by atoms with Crippen LogP contribution in [-0.4, -0.2) is 5.11 Å². The van der Waals surface area contributed by atoms with Gasteiger partial charge in [0.05, 0.1) is 0 Å². The van der Waals surface area contributed by atoms with Crippen LogP contribution in [0.5, 0.6) is 5.75 Å². The maximum Gasteiger partial charge on any atom is 0.119 e. The lowest BCUT2D eigenvalue weighted by atomic mass is 9.91. The molecule has 0 aliphatic heterocycles. The smallest absolute Gasteiger partial charge is 0.119 e. The van der Waals surface area contributed by atoms with Crippen LogP contribution < -0.4 is 0 Å². The second-order valence-corrected chi connectivity index (χ2v) is 8.21. The molecule has 0 atom stereocenters. The van der Waals surface area contributed by atoms with E-state index < -0.39 is 0 Å². The number of aromatic hydroxyl groups is 1. The summed E-state index contributed by atoms with van der Waals surface area (Å²) in [5.41, 5.74) is 7.68. The highest BCUT2D eigenvalue weighted by Crippen LogP contribution is 2.27. The van der Waals surface area contributed by atoms with Gasteiger partial charge in [-0.25, -0.2) is 0 Å². The summed E-state index contributed by atoms with van der Waals surface area (Å²) in [5, 5.41) is 10.8. The van der Waals surface area contributed by atoms with Crippen LogP contribution in [-0.2, 0) is 38.5 Å². The van der Waals surface area contributed by atoms with Crippen LogP contribution in [0.1, 0.15) is 33.4 Å². The molecule has 0 unspecified atom stereocenters. The zero-order valence-corrected chi connectivity index (χ0v) is 18.0. The third-order valence-corrected chi connectivity index (χ3v) is 5.98. The minimum atomic E-state index is 0.433. The Morgan fingerprint density at radius 1 is 0.387 bits per heavy atom. The Morgan fingerprint density at radius 3 is 1.16 bits per heavy atom. The average molecular weight is 407 g/mol. The SMILES string of the molecule is Oc1cc(CCc2ccccc2)c(CCc2ccccc2)cc1CCc1ccccc1. The van der Waals surface area contributed by atoms with Gasteiger partial charge in [-0.1, -0.05) is 97.1 Å². The molecule has 4 aromatic rings. The molecular weight excluding hydrogens is 376 g/mol. The first-order valence-corrected chi connectivity index (χ1v) is 11.2. The molecule has 0 saturated carbocycles. The van der Waals surface area contributed by atoms with Gasteiger partial charge >= 0.3 is 0 Å². The molecule has 0 spiro atoms. The number of aryl methyl sites for hydroxylation is 6. The van der Waals surface area contributed by atoms with E-state index in [0.717, 1.165) is 44.1 Å². The Labute approximate surface area is 186 Å². The Kier molecular flexibility index (Phi) is 7.18. The Hall–Kier alpha value is -3.32. The van der Waals surface area contributed by atoms with E-state index >= 15 is 0 Å². The summed E-state index contributed by atoms with van der Waals surface area (Å²) in [6.07, 6.45) is 5.74. The Bertz CT molecular complexity index is 1070. The zero-order valence-electron chi connectivity index (χ0n) is 18.0. The van der Waals surface area contributed by atoms with Gasteiger partial charge in [-0.2, -0.15) is 0 Å². The molecule has 0 aliphatic carbocycles. The summed E-state index contributed by atoms with van der Waals surface area (Å²) < 4.78 is 0. The number of rotatable bonds is 9. The third kappa shape index (κ3) is 6.08. The van der Waals surface area contributed by atoms with Gasteiger partial charge in [0, 0.05) is 0 Å². The fourth-order valence-corrected chi connectivity index (χ4v) is 4.16. The van der Waals surface area contributed by atoms with Crippen LogP contribution in [0.25, 0.3) is 0 Å². The molecule has 4 rings (SSSR count). The molecule has 156 valence electrons. The van der Waals surface area contributed by atoms with E-state index in [1.165, 1.54) is 27.8 Å². The van der Waals surface area contributed by atoms with Crippen molar-refractivity contribution in [2.45, 2.75) is 38.5 Å². The van der Waals surface area contributed by atoms with E-state index in [4.69, 9.17) is 0 Å². The van der Waals surface area contributed by atoms with Crippen molar-refractivity contribution in [2.24, 2.45) is 0 Å². The van der Waals surface area contributed by atoms with Crippen molar-refractivity contribution < 1.29 is 5.11 Å². The fraction of sp³-hybridized carbons (Fsp3) is 0.200. The van der Waals surface area contributed by atoms with Crippen LogP contribution in [0.4, 0.5) is 0 Å². The number of hydrogen-bond donors (Lipinski definition) is 1. The highest BCUT2D eigenvalue weighted by molar-refractivity contribution is 5.43. The van der Waals surface area contributed by atoms with Crippen molar-refractivity contribution in [2.75, 3.05) is 0 Å². The summed E-state index contributed by atoms with van der Waals surface area (Å²) >= 11 is 0. The molecule has 0 heterocycles. The lowest BCUT2D eigenvalue weighted by Crippen LogP contribution is -2.02. The van der Waals surface area contributed by atoms with E-state index in [1.54, 1.807) is 0 Å². The maximum absolute atomic E-state index is 10.8. The van der Waals surface area contributed by atoms with E-state index in [9.17, 15) is 5.11 Å². The summed E-state index contributed by atoms with van der Waals surface area (Å²) in [4.78, 5) is 0. The van der Waals surface area contributed by atoms with Crippen LogP contribution in [0, 0.1) is 0 Å². The normalized spacial score (nSPS) is 10.8. The number of benzene rings is 4. The van der Waals surface area contributed by atoms with E-state index in [0.29, 0.717) is 5.75 Å². The fourth-order valence-electron chi connectivity index (χ4n) is 4.16. The molecule has 31 heavy (non-hydrogen) atoms. The summed E-state index contributed by atoms with van der Waals surface area (Å²) in [7, 11) is 0. The van der Waals surface area contributed by atoms with Crippen molar-refractivity contribution >= 4 is 0 Å². The molecule has 0 bridgehead atoms. The quantitative estimate of drug-likeness (QED) is 0.326. The molecule has 1 heteroatoms.